The Kier molecular flexibility index (Phi) is 4.60. The first-order chi connectivity index (χ1) is 8.22. The number of halogens is 4. The number of imidazole rings is 1. The molecule has 1 rings (SSSR count). The number of aromatic nitrogens is 2. The number of hydrogen-bond acceptors (Lipinski definition) is 3. The second kappa shape index (κ2) is 5.59. The number of alkyl halides is 4. The van der Waals surface area contributed by atoms with Gasteiger partial charge in [-0.15, -0.1) is 0 Å². The van der Waals surface area contributed by atoms with Crippen molar-refractivity contribution >= 4 is 17.7 Å². The molecule has 0 radical (unpaired) electrons. The van der Waals surface area contributed by atoms with Gasteiger partial charge in [-0.05, 0) is 6.92 Å². The van der Waals surface area contributed by atoms with E-state index in [1.54, 1.807) is 0 Å². The van der Waals surface area contributed by atoms with Crippen LogP contribution in [0.25, 0.3) is 0 Å². The monoisotopic (exact) mass is 286 g/mol. The van der Waals surface area contributed by atoms with Crippen molar-refractivity contribution in [1.29, 1.82) is 0 Å². The Morgan fingerprint density at radius 1 is 1.61 bits per heavy atom. The Morgan fingerprint density at radius 2 is 2.22 bits per heavy atom. The molecule has 0 aromatic carbocycles. The van der Waals surface area contributed by atoms with Crippen LogP contribution in [0, 0.1) is 6.92 Å². The van der Waals surface area contributed by atoms with E-state index in [0.717, 1.165) is 4.57 Å². The number of thioether (sulfide) groups is 1. The summed E-state index contributed by atoms with van der Waals surface area (Å²) >= 11 is 0.702. The summed E-state index contributed by atoms with van der Waals surface area (Å²) in [7, 11) is 0. The Labute approximate surface area is 104 Å². The second-order valence-corrected chi connectivity index (χ2v) is 4.48. The average molecular weight is 286 g/mol. The van der Waals surface area contributed by atoms with Gasteiger partial charge in [0.05, 0.1) is 18.0 Å². The zero-order valence-electron chi connectivity index (χ0n) is 9.24. The maximum Gasteiger partial charge on any atom is 0.324 e. The minimum absolute atomic E-state index is 0.0183. The van der Waals surface area contributed by atoms with Gasteiger partial charge in [0, 0.05) is 6.20 Å². The minimum atomic E-state index is -4.17. The van der Waals surface area contributed by atoms with Crippen LogP contribution in [-0.4, -0.2) is 38.7 Å². The molecular weight excluding hydrogens is 276 g/mol. The Balaban J connectivity index is 2.85. The van der Waals surface area contributed by atoms with Crippen molar-refractivity contribution in [3.05, 3.63) is 11.9 Å². The first-order valence-electron chi connectivity index (χ1n) is 4.76. The molecule has 0 aliphatic heterocycles. The van der Waals surface area contributed by atoms with Gasteiger partial charge in [0.15, 0.2) is 5.16 Å². The van der Waals surface area contributed by atoms with E-state index in [0.29, 0.717) is 17.5 Å². The van der Waals surface area contributed by atoms with Crippen LogP contribution in [0.2, 0.25) is 0 Å². The molecule has 0 amide bonds. The number of carboxylic acid groups (broad SMARTS) is 1. The third-order valence-corrected chi connectivity index (χ3v) is 2.86. The molecule has 1 heterocycles. The van der Waals surface area contributed by atoms with Gasteiger partial charge in [-0.1, -0.05) is 11.8 Å². The van der Waals surface area contributed by atoms with E-state index in [1.807, 2.05) is 0 Å². The molecule has 1 aromatic heterocycles. The van der Waals surface area contributed by atoms with Crippen LogP contribution in [0.5, 0.6) is 0 Å². The summed E-state index contributed by atoms with van der Waals surface area (Å²) in [6, 6.07) is 0. The van der Waals surface area contributed by atoms with Gasteiger partial charge in [-0.2, -0.15) is 8.78 Å². The molecule has 0 aliphatic rings. The van der Waals surface area contributed by atoms with Gasteiger partial charge in [0.25, 0.3) is 0 Å². The maximum absolute atomic E-state index is 12.9. The highest BCUT2D eigenvalue weighted by atomic mass is 32.2. The van der Waals surface area contributed by atoms with E-state index in [2.05, 4.69) is 4.98 Å². The van der Waals surface area contributed by atoms with Gasteiger partial charge >= 0.3 is 18.3 Å². The average Bonchev–Trinajstić information content (AvgIpc) is 2.54. The third kappa shape index (κ3) is 3.90. The zero-order chi connectivity index (χ0) is 13.9. The van der Waals surface area contributed by atoms with Crippen LogP contribution in [0.1, 0.15) is 5.69 Å². The summed E-state index contributed by atoms with van der Waals surface area (Å²) in [5, 5.41) is 8.45. The third-order valence-electron chi connectivity index (χ3n) is 1.89. The summed E-state index contributed by atoms with van der Waals surface area (Å²) < 4.78 is 50.8. The molecule has 0 unspecified atom stereocenters. The van der Waals surface area contributed by atoms with E-state index >= 15 is 0 Å². The quantitative estimate of drug-likeness (QED) is 0.644. The van der Waals surface area contributed by atoms with Gasteiger partial charge in [0.2, 0.25) is 0 Å². The van der Waals surface area contributed by atoms with Crippen LogP contribution >= 0.6 is 11.8 Å². The highest BCUT2D eigenvalue weighted by Crippen LogP contribution is 2.27. The largest absolute Gasteiger partial charge is 0.481 e. The van der Waals surface area contributed by atoms with Crippen molar-refractivity contribution < 1.29 is 27.5 Å². The summed E-state index contributed by atoms with van der Waals surface area (Å²) in [5.41, 5.74) is 0.355. The molecule has 1 N–H and O–H groups in total. The van der Waals surface area contributed by atoms with Crippen molar-refractivity contribution in [2.75, 3.05) is 5.75 Å². The fourth-order valence-corrected chi connectivity index (χ4v) is 1.92. The second-order valence-electron chi connectivity index (χ2n) is 3.54. The molecule has 1 aromatic rings. The smallest absolute Gasteiger partial charge is 0.324 e. The van der Waals surface area contributed by atoms with Gasteiger partial charge in [-0.25, -0.2) is 13.8 Å². The number of aryl methyl sites for hydroxylation is 1. The highest BCUT2D eigenvalue weighted by molar-refractivity contribution is 7.99. The van der Waals surface area contributed by atoms with E-state index < -0.39 is 24.9 Å². The molecular formula is C9H10F4N2O2S. The maximum atomic E-state index is 12.9. The lowest BCUT2D eigenvalue weighted by molar-refractivity contribution is -0.138. The minimum Gasteiger partial charge on any atom is -0.481 e. The lowest BCUT2D eigenvalue weighted by atomic mass is 10.3. The molecule has 4 nitrogen and oxygen atoms in total. The molecule has 0 fully saturated rings. The van der Waals surface area contributed by atoms with E-state index in [9.17, 15) is 22.4 Å². The van der Waals surface area contributed by atoms with Gasteiger partial charge < -0.3 is 9.67 Å². The number of rotatable bonds is 6. The van der Waals surface area contributed by atoms with E-state index in [1.165, 1.54) is 13.1 Å². The van der Waals surface area contributed by atoms with E-state index in [-0.39, 0.29) is 10.9 Å². The fourth-order valence-electron chi connectivity index (χ4n) is 1.18. The zero-order valence-corrected chi connectivity index (χ0v) is 10.1. The molecule has 102 valence electrons. The van der Waals surface area contributed by atoms with Crippen LogP contribution in [-0.2, 0) is 11.3 Å². The van der Waals surface area contributed by atoms with Gasteiger partial charge in [-0.3, -0.25) is 4.79 Å². The standard InChI is InChI=1S/C9H10F4N2O2S/c1-5-2-15(4-9(12,13)7(10)11)8(14-5)18-3-6(16)17/h2,7H,3-4H2,1H3,(H,16,17). The molecule has 18 heavy (non-hydrogen) atoms. The lowest BCUT2D eigenvalue weighted by Gasteiger charge is -2.16. The number of carbonyl (C=O) groups is 1. The SMILES string of the molecule is Cc1cn(CC(F)(F)C(F)F)c(SCC(=O)O)n1. The Hall–Kier alpha value is -1.25. The molecule has 0 atom stereocenters. The molecule has 0 bridgehead atoms. The van der Waals surface area contributed by atoms with Crippen molar-refractivity contribution in [1.82, 2.24) is 9.55 Å². The van der Waals surface area contributed by atoms with Crippen molar-refractivity contribution in [3.63, 3.8) is 0 Å². The predicted molar refractivity (Wildman–Crippen MR) is 56.3 cm³/mol. The summed E-state index contributed by atoms with van der Waals surface area (Å²) in [5.74, 6) is -5.70. The number of aliphatic carboxylic acids is 1. The molecule has 0 saturated heterocycles. The first kappa shape index (κ1) is 14.8. The lowest BCUT2D eigenvalue weighted by Crippen LogP contribution is -2.32. The fraction of sp³-hybridized carbons (Fsp3) is 0.556. The van der Waals surface area contributed by atoms with Crippen molar-refractivity contribution in [2.45, 2.75) is 31.0 Å². The van der Waals surface area contributed by atoms with Crippen LogP contribution in [0.15, 0.2) is 11.4 Å². The number of hydrogen-bond donors (Lipinski definition) is 1. The number of nitrogens with zero attached hydrogens (tertiary/aromatic N) is 2. The van der Waals surface area contributed by atoms with Crippen molar-refractivity contribution in [3.8, 4) is 0 Å². The van der Waals surface area contributed by atoms with Gasteiger partial charge in [0.1, 0.15) is 0 Å². The topological polar surface area (TPSA) is 55.1 Å². The number of carboxylic acids is 1. The predicted octanol–water partition coefficient (Wildman–Crippen LogP) is 2.27. The normalized spacial score (nSPS) is 12.1. The summed E-state index contributed by atoms with van der Waals surface area (Å²) in [4.78, 5) is 14.2. The van der Waals surface area contributed by atoms with Crippen LogP contribution in [0.3, 0.4) is 0 Å². The van der Waals surface area contributed by atoms with Crippen LogP contribution < -0.4 is 0 Å². The Morgan fingerprint density at radius 3 is 2.72 bits per heavy atom. The highest BCUT2D eigenvalue weighted by Gasteiger charge is 2.41. The molecule has 0 aliphatic carbocycles. The summed E-state index contributed by atoms with van der Waals surface area (Å²) in [6.45, 7) is 0.273. The Bertz CT molecular complexity index is 436. The summed E-state index contributed by atoms with van der Waals surface area (Å²) in [6.07, 6.45) is -2.60. The van der Waals surface area contributed by atoms with Crippen LogP contribution in [0.4, 0.5) is 17.6 Å². The van der Waals surface area contributed by atoms with E-state index in [4.69, 9.17) is 5.11 Å². The molecule has 0 saturated carbocycles. The molecule has 0 spiro atoms. The van der Waals surface area contributed by atoms with Crippen molar-refractivity contribution in [2.24, 2.45) is 0 Å². The first-order valence-corrected chi connectivity index (χ1v) is 5.75. The molecule has 9 heteroatoms.